The van der Waals surface area contributed by atoms with E-state index in [1.54, 1.807) is 12.1 Å². The lowest BCUT2D eigenvalue weighted by Crippen LogP contribution is -2.32. The summed E-state index contributed by atoms with van der Waals surface area (Å²) < 4.78 is 13.6. The maximum Gasteiger partial charge on any atom is 0.123 e. The Morgan fingerprint density at radius 3 is 2.45 bits per heavy atom. The Morgan fingerprint density at radius 2 is 1.85 bits per heavy atom. The van der Waals surface area contributed by atoms with E-state index < -0.39 is 0 Å². The minimum Gasteiger partial charge on any atom is -0.371 e. The van der Waals surface area contributed by atoms with Gasteiger partial charge in [0.05, 0.1) is 0 Å². The lowest BCUT2D eigenvalue weighted by Gasteiger charge is -2.32. The Hall–Kier alpha value is -1.09. The largest absolute Gasteiger partial charge is 0.371 e. The monoisotopic (exact) mass is 278 g/mol. The van der Waals surface area contributed by atoms with Gasteiger partial charge in [-0.05, 0) is 50.6 Å². The van der Waals surface area contributed by atoms with Crippen molar-refractivity contribution in [3.05, 3.63) is 29.6 Å². The van der Waals surface area contributed by atoms with Crippen LogP contribution >= 0.6 is 0 Å². The van der Waals surface area contributed by atoms with Crippen LogP contribution in [0.2, 0.25) is 0 Å². The molecule has 0 heterocycles. The highest BCUT2D eigenvalue weighted by Crippen LogP contribution is 2.31. The second kappa shape index (κ2) is 7.07. The van der Waals surface area contributed by atoms with Gasteiger partial charge in [-0.1, -0.05) is 25.7 Å². The number of hydrogen-bond acceptors (Lipinski definition) is 2. The maximum absolute atomic E-state index is 13.6. The van der Waals surface area contributed by atoms with Crippen molar-refractivity contribution < 1.29 is 4.39 Å². The smallest absolute Gasteiger partial charge is 0.123 e. The molecule has 1 unspecified atom stereocenters. The zero-order valence-electron chi connectivity index (χ0n) is 13.0. The lowest BCUT2D eigenvalue weighted by atomic mass is 10.0. The van der Waals surface area contributed by atoms with Crippen molar-refractivity contribution in [3.63, 3.8) is 0 Å². The van der Waals surface area contributed by atoms with E-state index in [1.165, 1.54) is 44.2 Å². The molecule has 0 radical (unpaired) electrons. The predicted octanol–water partition coefficient (Wildman–Crippen LogP) is 4.27. The summed E-state index contributed by atoms with van der Waals surface area (Å²) in [6, 6.07) is 5.93. The molecule has 1 saturated carbocycles. The summed E-state index contributed by atoms with van der Waals surface area (Å²) in [5, 5.41) is 3.23. The number of anilines is 1. The Morgan fingerprint density at radius 1 is 1.20 bits per heavy atom. The molecule has 0 saturated heterocycles. The average molecular weight is 278 g/mol. The molecule has 1 aromatic rings. The molecular formula is C17H27FN2. The molecule has 3 heteroatoms. The number of benzene rings is 1. The molecule has 1 fully saturated rings. The van der Waals surface area contributed by atoms with Crippen molar-refractivity contribution in [2.75, 3.05) is 19.0 Å². The zero-order chi connectivity index (χ0) is 14.5. The SMILES string of the molecule is CNC(C)c1cc(F)ccc1N(C)C1CCCCCC1. The topological polar surface area (TPSA) is 15.3 Å². The number of nitrogens with zero attached hydrogens (tertiary/aromatic N) is 1. The average Bonchev–Trinajstić information content (AvgIpc) is 2.74. The molecule has 1 aliphatic rings. The van der Waals surface area contributed by atoms with Gasteiger partial charge in [0.2, 0.25) is 0 Å². The van der Waals surface area contributed by atoms with Gasteiger partial charge in [0.1, 0.15) is 5.82 Å². The van der Waals surface area contributed by atoms with Gasteiger partial charge in [-0.25, -0.2) is 4.39 Å². The molecule has 2 rings (SSSR count). The van der Waals surface area contributed by atoms with Gasteiger partial charge in [-0.3, -0.25) is 0 Å². The molecule has 1 aliphatic carbocycles. The first-order chi connectivity index (χ1) is 9.63. The Balaban J connectivity index is 2.25. The van der Waals surface area contributed by atoms with Crippen molar-refractivity contribution in [2.45, 2.75) is 57.5 Å². The standard InChI is InChI=1S/C17H27FN2/c1-13(19-2)16-12-14(18)10-11-17(16)20(3)15-8-6-4-5-7-9-15/h10-13,15,19H,4-9H2,1-3H3. The van der Waals surface area contributed by atoms with Gasteiger partial charge in [0, 0.05) is 24.8 Å². The van der Waals surface area contributed by atoms with E-state index >= 15 is 0 Å². The van der Waals surface area contributed by atoms with E-state index in [-0.39, 0.29) is 11.9 Å². The van der Waals surface area contributed by atoms with Crippen LogP contribution in [0.25, 0.3) is 0 Å². The van der Waals surface area contributed by atoms with Gasteiger partial charge in [-0.15, -0.1) is 0 Å². The Bertz CT molecular complexity index is 425. The molecule has 112 valence electrons. The van der Waals surface area contributed by atoms with Gasteiger partial charge < -0.3 is 10.2 Å². The molecule has 0 amide bonds. The normalized spacial score (nSPS) is 18.6. The van der Waals surface area contributed by atoms with Crippen LogP contribution in [0.1, 0.15) is 57.1 Å². The minimum absolute atomic E-state index is 0.153. The Kier molecular flexibility index (Phi) is 5.41. The fourth-order valence-electron chi connectivity index (χ4n) is 3.19. The van der Waals surface area contributed by atoms with Crippen molar-refractivity contribution in [2.24, 2.45) is 0 Å². The third-order valence-electron chi connectivity index (χ3n) is 4.64. The van der Waals surface area contributed by atoms with Crippen molar-refractivity contribution in [1.82, 2.24) is 5.32 Å². The first-order valence-corrected chi connectivity index (χ1v) is 7.83. The van der Waals surface area contributed by atoms with E-state index in [4.69, 9.17) is 0 Å². The summed E-state index contributed by atoms with van der Waals surface area (Å²) in [5.41, 5.74) is 2.22. The second-order valence-corrected chi connectivity index (χ2v) is 5.97. The summed E-state index contributed by atoms with van der Waals surface area (Å²) in [6.07, 6.45) is 7.84. The molecular weight excluding hydrogens is 251 g/mol. The van der Waals surface area contributed by atoms with Gasteiger partial charge in [0.15, 0.2) is 0 Å². The van der Waals surface area contributed by atoms with E-state index in [0.717, 1.165) is 5.56 Å². The molecule has 0 bridgehead atoms. The highest BCUT2D eigenvalue weighted by molar-refractivity contribution is 5.55. The number of hydrogen-bond donors (Lipinski definition) is 1. The van der Waals surface area contributed by atoms with Crippen LogP contribution in [0.15, 0.2) is 18.2 Å². The van der Waals surface area contributed by atoms with Crippen LogP contribution in [0, 0.1) is 5.82 Å². The summed E-state index contributed by atoms with van der Waals surface area (Å²) in [5.74, 6) is -0.153. The van der Waals surface area contributed by atoms with Gasteiger partial charge in [-0.2, -0.15) is 0 Å². The van der Waals surface area contributed by atoms with Crippen LogP contribution in [0.4, 0.5) is 10.1 Å². The molecule has 1 aromatic carbocycles. The van der Waals surface area contributed by atoms with Gasteiger partial charge >= 0.3 is 0 Å². The summed E-state index contributed by atoms with van der Waals surface area (Å²) in [4.78, 5) is 2.37. The second-order valence-electron chi connectivity index (χ2n) is 5.97. The highest BCUT2D eigenvalue weighted by atomic mass is 19.1. The summed E-state index contributed by atoms with van der Waals surface area (Å²) in [7, 11) is 4.08. The molecule has 1 N–H and O–H groups in total. The predicted molar refractivity (Wildman–Crippen MR) is 83.8 cm³/mol. The number of nitrogens with one attached hydrogen (secondary N) is 1. The quantitative estimate of drug-likeness (QED) is 0.828. The van der Waals surface area contributed by atoms with Crippen LogP contribution < -0.4 is 10.2 Å². The number of rotatable bonds is 4. The van der Waals surface area contributed by atoms with Crippen molar-refractivity contribution in [3.8, 4) is 0 Å². The van der Waals surface area contributed by atoms with E-state index in [9.17, 15) is 4.39 Å². The first-order valence-electron chi connectivity index (χ1n) is 7.83. The molecule has 0 aliphatic heterocycles. The van der Waals surface area contributed by atoms with Crippen molar-refractivity contribution in [1.29, 1.82) is 0 Å². The van der Waals surface area contributed by atoms with Crippen LogP contribution in [0.5, 0.6) is 0 Å². The molecule has 0 spiro atoms. The Labute approximate surface area is 122 Å². The maximum atomic E-state index is 13.6. The molecule has 20 heavy (non-hydrogen) atoms. The van der Waals surface area contributed by atoms with Gasteiger partial charge in [0.25, 0.3) is 0 Å². The number of halogens is 1. The summed E-state index contributed by atoms with van der Waals surface area (Å²) >= 11 is 0. The molecule has 2 nitrogen and oxygen atoms in total. The fraction of sp³-hybridized carbons (Fsp3) is 0.647. The zero-order valence-corrected chi connectivity index (χ0v) is 13.0. The molecule has 1 atom stereocenters. The van der Waals surface area contributed by atoms with Crippen LogP contribution in [0.3, 0.4) is 0 Å². The lowest BCUT2D eigenvalue weighted by molar-refractivity contribution is 0.545. The molecule has 0 aromatic heterocycles. The first kappa shape index (κ1) is 15.3. The van der Waals surface area contributed by atoms with E-state index in [2.05, 4.69) is 24.2 Å². The van der Waals surface area contributed by atoms with E-state index in [1.807, 2.05) is 13.1 Å². The summed E-state index contributed by atoms with van der Waals surface area (Å²) in [6.45, 7) is 2.08. The highest BCUT2D eigenvalue weighted by Gasteiger charge is 2.21. The van der Waals surface area contributed by atoms with Crippen LogP contribution in [-0.4, -0.2) is 20.1 Å². The van der Waals surface area contributed by atoms with Crippen LogP contribution in [-0.2, 0) is 0 Å². The third-order valence-corrected chi connectivity index (χ3v) is 4.64. The minimum atomic E-state index is -0.153. The van der Waals surface area contributed by atoms with Crippen molar-refractivity contribution >= 4 is 5.69 Å². The van der Waals surface area contributed by atoms with E-state index in [0.29, 0.717) is 6.04 Å². The fourth-order valence-corrected chi connectivity index (χ4v) is 3.19. The third kappa shape index (κ3) is 3.51.